The first-order valence-corrected chi connectivity index (χ1v) is 5.51. The van der Waals surface area contributed by atoms with E-state index < -0.39 is 0 Å². The third-order valence-electron chi connectivity index (χ3n) is 3.12. The Morgan fingerprint density at radius 3 is 2.75 bits per heavy atom. The molecule has 0 saturated carbocycles. The number of aryl methyl sites for hydroxylation is 1. The number of aromatic amines is 1. The van der Waals surface area contributed by atoms with Crippen LogP contribution < -0.4 is 10.1 Å². The number of ether oxygens (including phenoxy) is 1. The van der Waals surface area contributed by atoms with Gasteiger partial charge in [-0.15, -0.1) is 0 Å². The molecule has 2 N–H and O–H groups in total. The molecule has 1 atom stereocenters. The number of benzene rings is 1. The lowest BCUT2D eigenvalue weighted by atomic mass is 10.0. The highest BCUT2D eigenvalue weighted by Gasteiger charge is 2.15. The van der Waals surface area contributed by atoms with Crippen LogP contribution in [-0.4, -0.2) is 19.1 Å². The van der Waals surface area contributed by atoms with Gasteiger partial charge in [-0.05, 0) is 32.5 Å². The molecular formula is C13H18N2O. The van der Waals surface area contributed by atoms with E-state index in [2.05, 4.69) is 30.2 Å². The molecule has 1 unspecified atom stereocenters. The van der Waals surface area contributed by atoms with Crippen molar-refractivity contribution in [1.29, 1.82) is 0 Å². The molecule has 0 bridgehead atoms. The largest absolute Gasteiger partial charge is 0.495 e. The number of methoxy groups -OCH3 is 1. The Hall–Kier alpha value is -1.48. The third-order valence-corrected chi connectivity index (χ3v) is 3.12. The van der Waals surface area contributed by atoms with Crippen LogP contribution >= 0.6 is 0 Å². The van der Waals surface area contributed by atoms with E-state index >= 15 is 0 Å². The van der Waals surface area contributed by atoms with Gasteiger partial charge in [0.05, 0.1) is 12.6 Å². The molecule has 0 fully saturated rings. The van der Waals surface area contributed by atoms with E-state index in [4.69, 9.17) is 4.74 Å². The number of fused-ring (bicyclic) bond motifs is 1. The van der Waals surface area contributed by atoms with Crippen molar-refractivity contribution in [1.82, 2.24) is 10.3 Å². The van der Waals surface area contributed by atoms with E-state index in [1.165, 1.54) is 16.6 Å². The van der Waals surface area contributed by atoms with Crippen LogP contribution in [0.1, 0.15) is 24.2 Å². The summed E-state index contributed by atoms with van der Waals surface area (Å²) in [5.74, 6) is 0.898. The molecule has 0 aliphatic heterocycles. The summed E-state index contributed by atoms with van der Waals surface area (Å²) < 4.78 is 5.36. The number of aromatic nitrogens is 1. The molecule has 0 aliphatic carbocycles. The Kier molecular flexibility index (Phi) is 2.88. The van der Waals surface area contributed by atoms with Crippen LogP contribution in [0, 0.1) is 6.92 Å². The molecule has 1 aromatic carbocycles. The van der Waals surface area contributed by atoms with Crippen LogP contribution in [0.3, 0.4) is 0 Å². The lowest BCUT2D eigenvalue weighted by molar-refractivity contribution is 0.419. The highest BCUT2D eigenvalue weighted by atomic mass is 16.5. The van der Waals surface area contributed by atoms with Crippen molar-refractivity contribution in [2.45, 2.75) is 19.9 Å². The number of rotatable bonds is 3. The number of nitrogens with one attached hydrogen (secondary N) is 2. The summed E-state index contributed by atoms with van der Waals surface area (Å²) in [7, 11) is 3.68. The summed E-state index contributed by atoms with van der Waals surface area (Å²) in [5.41, 5.74) is 3.59. The van der Waals surface area contributed by atoms with Gasteiger partial charge in [0.25, 0.3) is 0 Å². The molecule has 0 aliphatic rings. The van der Waals surface area contributed by atoms with Crippen LogP contribution in [0.4, 0.5) is 0 Å². The van der Waals surface area contributed by atoms with E-state index in [1.54, 1.807) is 7.11 Å². The predicted molar refractivity (Wildman–Crippen MR) is 67.1 cm³/mol. The van der Waals surface area contributed by atoms with Gasteiger partial charge in [-0.25, -0.2) is 0 Å². The fraction of sp³-hybridized carbons (Fsp3) is 0.385. The van der Waals surface area contributed by atoms with Crippen molar-refractivity contribution in [2.75, 3.05) is 14.2 Å². The summed E-state index contributed by atoms with van der Waals surface area (Å²) in [6.45, 7) is 4.26. The topological polar surface area (TPSA) is 37.0 Å². The van der Waals surface area contributed by atoms with Crippen LogP contribution in [-0.2, 0) is 0 Å². The highest BCUT2D eigenvalue weighted by molar-refractivity contribution is 5.89. The summed E-state index contributed by atoms with van der Waals surface area (Å²) in [6, 6.07) is 6.47. The summed E-state index contributed by atoms with van der Waals surface area (Å²) in [6.07, 6.45) is 0. The molecule has 3 nitrogen and oxygen atoms in total. The van der Waals surface area contributed by atoms with Crippen molar-refractivity contribution < 1.29 is 4.74 Å². The zero-order valence-corrected chi connectivity index (χ0v) is 10.2. The standard InChI is InChI=1S/C13H18N2O/c1-8(14-3)12-9(2)15-13-10(12)6-5-7-11(13)16-4/h5-8,14-15H,1-4H3. The second-order valence-corrected chi connectivity index (χ2v) is 4.06. The molecule has 0 radical (unpaired) electrons. The molecular weight excluding hydrogens is 200 g/mol. The third kappa shape index (κ3) is 1.57. The van der Waals surface area contributed by atoms with Crippen molar-refractivity contribution >= 4 is 10.9 Å². The van der Waals surface area contributed by atoms with Gasteiger partial charge in [-0.3, -0.25) is 0 Å². The monoisotopic (exact) mass is 218 g/mol. The van der Waals surface area contributed by atoms with Crippen molar-refractivity contribution in [3.8, 4) is 5.75 Å². The van der Waals surface area contributed by atoms with Gasteiger partial charge in [-0.1, -0.05) is 12.1 Å². The Balaban J connectivity index is 2.71. The van der Waals surface area contributed by atoms with Gasteiger partial charge in [-0.2, -0.15) is 0 Å². The summed E-state index contributed by atoms with van der Waals surface area (Å²) in [5, 5.41) is 4.51. The Labute approximate surface area is 95.8 Å². The van der Waals surface area contributed by atoms with Crippen molar-refractivity contribution in [3.05, 3.63) is 29.5 Å². The zero-order valence-electron chi connectivity index (χ0n) is 10.2. The van der Waals surface area contributed by atoms with Gasteiger partial charge >= 0.3 is 0 Å². The smallest absolute Gasteiger partial charge is 0.142 e. The van der Waals surface area contributed by atoms with Gasteiger partial charge in [0.2, 0.25) is 0 Å². The molecule has 0 spiro atoms. The second kappa shape index (κ2) is 4.18. The molecule has 1 aromatic heterocycles. The maximum Gasteiger partial charge on any atom is 0.142 e. The van der Waals surface area contributed by atoms with E-state index in [1.807, 2.05) is 19.2 Å². The van der Waals surface area contributed by atoms with Crippen LogP contribution in [0.5, 0.6) is 5.75 Å². The minimum absolute atomic E-state index is 0.334. The fourth-order valence-electron chi connectivity index (χ4n) is 2.21. The SMILES string of the molecule is CNC(C)c1c(C)[nH]c2c(OC)cccc12. The van der Waals surface area contributed by atoms with Gasteiger partial charge in [0.15, 0.2) is 0 Å². The van der Waals surface area contributed by atoms with E-state index in [0.717, 1.165) is 11.3 Å². The fourth-order valence-corrected chi connectivity index (χ4v) is 2.21. The summed E-state index contributed by atoms with van der Waals surface area (Å²) >= 11 is 0. The predicted octanol–water partition coefficient (Wildman–Crippen LogP) is 2.77. The van der Waals surface area contributed by atoms with E-state index in [-0.39, 0.29) is 0 Å². The van der Waals surface area contributed by atoms with E-state index in [9.17, 15) is 0 Å². The second-order valence-electron chi connectivity index (χ2n) is 4.06. The first kappa shape index (κ1) is 11.0. The minimum atomic E-state index is 0.334. The average molecular weight is 218 g/mol. The first-order chi connectivity index (χ1) is 7.69. The Morgan fingerprint density at radius 2 is 2.12 bits per heavy atom. The lowest BCUT2D eigenvalue weighted by Gasteiger charge is -2.10. The molecule has 86 valence electrons. The number of H-pyrrole nitrogens is 1. The molecule has 16 heavy (non-hydrogen) atoms. The quantitative estimate of drug-likeness (QED) is 0.831. The molecule has 1 heterocycles. The van der Waals surface area contributed by atoms with Gasteiger partial charge in [0, 0.05) is 17.1 Å². The van der Waals surface area contributed by atoms with Gasteiger partial charge < -0.3 is 15.0 Å². The molecule has 3 heteroatoms. The molecule has 2 rings (SSSR count). The maximum absolute atomic E-state index is 5.36. The van der Waals surface area contributed by atoms with Crippen LogP contribution in [0.15, 0.2) is 18.2 Å². The maximum atomic E-state index is 5.36. The van der Waals surface area contributed by atoms with Crippen LogP contribution in [0.25, 0.3) is 10.9 Å². The van der Waals surface area contributed by atoms with Crippen molar-refractivity contribution in [3.63, 3.8) is 0 Å². The molecule has 2 aromatic rings. The lowest BCUT2D eigenvalue weighted by Crippen LogP contribution is -2.12. The number of hydrogen-bond donors (Lipinski definition) is 2. The minimum Gasteiger partial charge on any atom is -0.495 e. The number of hydrogen-bond acceptors (Lipinski definition) is 2. The number of para-hydroxylation sites is 1. The van der Waals surface area contributed by atoms with Gasteiger partial charge in [0.1, 0.15) is 5.75 Å². The van der Waals surface area contributed by atoms with E-state index in [0.29, 0.717) is 6.04 Å². The highest BCUT2D eigenvalue weighted by Crippen LogP contribution is 2.32. The molecule has 0 amide bonds. The van der Waals surface area contributed by atoms with Crippen LogP contribution in [0.2, 0.25) is 0 Å². The zero-order chi connectivity index (χ0) is 11.7. The van der Waals surface area contributed by atoms with Crippen molar-refractivity contribution in [2.24, 2.45) is 0 Å². The normalized spacial score (nSPS) is 13.0. The Bertz CT molecular complexity index is 502. The summed E-state index contributed by atoms with van der Waals surface area (Å²) in [4.78, 5) is 3.40. The average Bonchev–Trinajstić information content (AvgIpc) is 2.63. The Morgan fingerprint density at radius 1 is 1.38 bits per heavy atom. The first-order valence-electron chi connectivity index (χ1n) is 5.51. The molecule has 0 saturated heterocycles.